The Morgan fingerprint density at radius 2 is 1.64 bits per heavy atom. The largest absolute Gasteiger partial charge is 0.493 e. The van der Waals surface area contributed by atoms with Gasteiger partial charge in [0, 0.05) is 5.69 Å². The highest BCUT2D eigenvalue weighted by molar-refractivity contribution is 6.02. The summed E-state index contributed by atoms with van der Waals surface area (Å²) >= 11 is 0. The van der Waals surface area contributed by atoms with Crippen molar-refractivity contribution in [3.05, 3.63) is 60.2 Å². The van der Waals surface area contributed by atoms with Crippen LogP contribution in [-0.2, 0) is 4.79 Å². The molecule has 0 unspecified atom stereocenters. The number of nitrogens with one attached hydrogen (secondary N) is 2. The summed E-state index contributed by atoms with van der Waals surface area (Å²) in [5.41, 5.74) is 1.12. The molecule has 0 aliphatic rings. The molecular formula is C20H24N2O3. The third-order valence-electron chi connectivity index (χ3n) is 3.71. The summed E-state index contributed by atoms with van der Waals surface area (Å²) < 4.78 is 5.49. The van der Waals surface area contributed by atoms with E-state index in [2.05, 4.69) is 10.6 Å². The van der Waals surface area contributed by atoms with Gasteiger partial charge in [0.15, 0.2) is 0 Å². The molecule has 0 fully saturated rings. The molecule has 2 amide bonds. The molecule has 132 valence electrons. The molecule has 25 heavy (non-hydrogen) atoms. The van der Waals surface area contributed by atoms with Crippen molar-refractivity contribution in [2.24, 2.45) is 5.92 Å². The van der Waals surface area contributed by atoms with E-state index in [1.807, 2.05) is 57.2 Å². The van der Waals surface area contributed by atoms with Crippen molar-refractivity contribution in [1.29, 1.82) is 0 Å². The van der Waals surface area contributed by atoms with E-state index < -0.39 is 6.04 Å². The lowest BCUT2D eigenvalue weighted by Gasteiger charge is -2.22. The highest BCUT2D eigenvalue weighted by Gasteiger charge is 2.25. The number of carbonyl (C=O) groups is 2. The maximum Gasteiger partial charge on any atom is 0.255 e. The molecule has 5 heteroatoms. The first-order valence-corrected chi connectivity index (χ1v) is 8.41. The molecule has 2 aromatic rings. The molecule has 0 aliphatic heterocycles. The van der Waals surface area contributed by atoms with Gasteiger partial charge in [0.1, 0.15) is 11.8 Å². The Balaban J connectivity index is 2.13. The molecule has 0 aromatic heterocycles. The number of carbonyl (C=O) groups excluding carboxylic acids is 2. The van der Waals surface area contributed by atoms with Gasteiger partial charge in [-0.25, -0.2) is 0 Å². The van der Waals surface area contributed by atoms with Crippen molar-refractivity contribution in [1.82, 2.24) is 5.32 Å². The van der Waals surface area contributed by atoms with Crippen LogP contribution in [-0.4, -0.2) is 24.5 Å². The first-order chi connectivity index (χ1) is 12.0. The Bertz CT molecular complexity index is 714. The van der Waals surface area contributed by atoms with Crippen molar-refractivity contribution in [3.63, 3.8) is 0 Å². The van der Waals surface area contributed by atoms with Crippen molar-refractivity contribution < 1.29 is 14.3 Å². The van der Waals surface area contributed by atoms with E-state index in [1.165, 1.54) is 0 Å². The second-order valence-electron chi connectivity index (χ2n) is 5.98. The molecule has 0 spiro atoms. The molecule has 0 saturated heterocycles. The maximum absolute atomic E-state index is 12.6. The standard InChI is InChI=1S/C20H24N2O3/c1-4-25-17-13-9-8-12-16(17)19(23)22-18(14(2)3)20(24)21-15-10-6-5-7-11-15/h5-14,18H,4H2,1-3H3,(H,21,24)(H,22,23)/t18-/m0/s1. The molecule has 1 atom stereocenters. The normalized spacial score (nSPS) is 11.7. The highest BCUT2D eigenvalue weighted by atomic mass is 16.5. The van der Waals surface area contributed by atoms with Crippen molar-refractivity contribution in [2.45, 2.75) is 26.8 Å². The van der Waals surface area contributed by atoms with Crippen LogP contribution < -0.4 is 15.4 Å². The minimum atomic E-state index is -0.651. The molecule has 0 saturated carbocycles. The predicted molar refractivity (Wildman–Crippen MR) is 98.8 cm³/mol. The lowest BCUT2D eigenvalue weighted by molar-refractivity contribution is -0.118. The minimum absolute atomic E-state index is 0.0630. The van der Waals surface area contributed by atoms with E-state index in [9.17, 15) is 9.59 Å². The lowest BCUT2D eigenvalue weighted by atomic mass is 10.0. The van der Waals surface area contributed by atoms with Crippen LogP contribution in [0.15, 0.2) is 54.6 Å². The van der Waals surface area contributed by atoms with Gasteiger partial charge >= 0.3 is 0 Å². The topological polar surface area (TPSA) is 67.4 Å². The van der Waals surface area contributed by atoms with Gasteiger partial charge in [0.2, 0.25) is 5.91 Å². The van der Waals surface area contributed by atoms with Crippen LogP contribution in [0.4, 0.5) is 5.69 Å². The molecular weight excluding hydrogens is 316 g/mol. The smallest absolute Gasteiger partial charge is 0.255 e. The SMILES string of the molecule is CCOc1ccccc1C(=O)N[C@H](C(=O)Nc1ccccc1)C(C)C. The van der Waals surface area contributed by atoms with Crippen molar-refractivity contribution >= 4 is 17.5 Å². The third-order valence-corrected chi connectivity index (χ3v) is 3.71. The second kappa shape index (κ2) is 8.87. The summed E-state index contributed by atoms with van der Waals surface area (Å²) in [5, 5.41) is 5.66. The lowest BCUT2D eigenvalue weighted by Crippen LogP contribution is -2.47. The van der Waals surface area contributed by atoms with Crippen LogP contribution in [0.1, 0.15) is 31.1 Å². The number of rotatable bonds is 7. The third kappa shape index (κ3) is 5.08. The monoisotopic (exact) mass is 340 g/mol. The first-order valence-electron chi connectivity index (χ1n) is 8.41. The minimum Gasteiger partial charge on any atom is -0.493 e. The molecule has 0 aliphatic carbocycles. The fraction of sp³-hybridized carbons (Fsp3) is 0.300. The van der Waals surface area contributed by atoms with Gasteiger partial charge in [-0.05, 0) is 37.1 Å². The summed E-state index contributed by atoms with van der Waals surface area (Å²) in [6, 6.07) is 15.5. The van der Waals surface area contributed by atoms with E-state index in [0.29, 0.717) is 23.6 Å². The van der Waals surface area contributed by atoms with Gasteiger partial charge in [-0.3, -0.25) is 9.59 Å². The van der Waals surface area contributed by atoms with Crippen LogP contribution in [0.2, 0.25) is 0 Å². The quantitative estimate of drug-likeness (QED) is 0.811. The predicted octanol–water partition coefficient (Wildman–Crippen LogP) is 3.48. The van der Waals surface area contributed by atoms with Gasteiger partial charge in [-0.2, -0.15) is 0 Å². The number of amides is 2. The molecule has 5 nitrogen and oxygen atoms in total. The number of ether oxygens (including phenoxy) is 1. The molecule has 0 radical (unpaired) electrons. The summed E-state index contributed by atoms with van der Waals surface area (Å²) in [6.45, 7) is 6.11. The Morgan fingerprint density at radius 1 is 1.00 bits per heavy atom. The number of hydrogen-bond acceptors (Lipinski definition) is 3. The van der Waals surface area contributed by atoms with E-state index in [4.69, 9.17) is 4.74 Å². The number of benzene rings is 2. The summed E-state index contributed by atoms with van der Waals surface area (Å²) in [7, 11) is 0. The summed E-state index contributed by atoms with van der Waals surface area (Å²) in [6.07, 6.45) is 0. The van der Waals surface area contributed by atoms with E-state index in [-0.39, 0.29) is 17.7 Å². The van der Waals surface area contributed by atoms with Crippen LogP contribution in [0.25, 0.3) is 0 Å². The summed E-state index contributed by atoms with van der Waals surface area (Å²) in [4.78, 5) is 25.2. The van der Waals surface area contributed by atoms with Crippen LogP contribution in [0.3, 0.4) is 0 Å². The molecule has 0 bridgehead atoms. The molecule has 2 aromatic carbocycles. The van der Waals surface area contributed by atoms with E-state index in [0.717, 1.165) is 0 Å². The Labute approximate surface area is 148 Å². The van der Waals surface area contributed by atoms with Crippen molar-refractivity contribution in [2.75, 3.05) is 11.9 Å². The molecule has 0 heterocycles. The van der Waals surface area contributed by atoms with Gasteiger partial charge < -0.3 is 15.4 Å². The maximum atomic E-state index is 12.6. The Morgan fingerprint density at radius 3 is 2.28 bits per heavy atom. The van der Waals surface area contributed by atoms with Gasteiger partial charge in [-0.1, -0.05) is 44.2 Å². The zero-order valence-corrected chi connectivity index (χ0v) is 14.8. The van der Waals surface area contributed by atoms with Gasteiger partial charge in [0.25, 0.3) is 5.91 Å². The fourth-order valence-corrected chi connectivity index (χ4v) is 2.43. The fourth-order valence-electron chi connectivity index (χ4n) is 2.43. The van der Waals surface area contributed by atoms with Gasteiger partial charge in [0.05, 0.1) is 12.2 Å². The van der Waals surface area contributed by atoms with Crippen LogP contribution in [0, 0.1) is 5.92 Å². The van der Waals surface area contributed by atoms with Crippen molar-refractivity contribution in [3.8, 4) is 5.75 Å². The Hall–Kier alpha value is -2.82. The second-order valence-corrected chi connectivity index (χ2v) is 5.98. The van der Waals surface area contributed by atoms with Crippen LogP contribution in [0.5, 0.6) is 5.75 Å². The van der Waals surface area contributed by atoms with E-state index in [1.54, 1.807) is 18.2 Å². The zero-order valence-electron chi connectivity index (χ0n) is 14.8. The zero-order chi connectivity index (χ0) is 18.2. The average molecular weight is 340 g/mol. The molecule has 2 rings (SSSR count). The number of hydrogen-bond donors (Lipinski definition) is 2. The van der Waals surface area contributed by atoms with Crippen LogP contribution >= 0.6 is 0 Å². The Kier molecular flexibility index (Phi) is 6.57. The number of anilines is 1. The first kappa shape index (κ1) is 18.5. The van der Waals surface area contributed by atoms with Gasteiger partial charge in [-0.15, -0.1) is 0 Å². The van der Waals surface area contributed by atoms with E-state index >= 15 is 0 Å². The number of para-hydroxylation sites is 2. The average Bonchev–Trinajstić information content (AvgIpc) is 2.60. The summed E-state index contributed by atoms with van der Waals surface area (Å²) in [5.74, 6) is -0.130. The highest BCUT2D eigenvalue weighted by Crippen LogP contribution is 2.18. The molecule has 2 N–H and O–H groups in total.